The first-order chi connectivity index (χ1) is 5.13. The molecule has 0 aromatic heterocycles. The van der Waals surface area contributed by atoms with Crippen molar-refractivity contribution >= 4 is 17.4 Å². The molecule has 1 atom stereocenters. The minimum absolute atomic E-state index is 0.125. The number of carbonyl (C=O) groups excluding carboxylic acids is 1. The summed E-state index contributed by atoms with van der Waals surface area (Å²) in [6.07, 6.45) is 3.05. The van der Waals surface area contributed by atoms with Crippen LogP contribution in [-0.4, -0.2) is 5.78 Å². The van der Waals surface area contributed by atoms with E-state index in [1.165, 1.54) is 0 Å². The molecule has 62 valence electrons. The zero-order valence-electron chi connectivity index (χ0n) is 6.98. The molecule has 0 N–H and O–H groups in total. The zero-order valence-corrected chi connectivity index (χ0v) is 7.74. The lowest BCUT2D eigenvalue weighted by Crippen LogP contribution is -2.09. The highest BCUT2D eigenvalue weighted by Crippen LogP contribution is 2.26. The van der Waals surface area contributed by atoms with Gasteiger partial charge >= 0.3 is 0 Å². The molecule has 0 saturated heterocycles. The number of hydrogen-bond donors (Lipinski definition) is 0. The summed E-state index contributed by atoms with van der Waals surface area (Å²) < 4.78 is 0. The van der Waals surface area contributed by atoms with E-state index in [0.29, 0.717) is 5.03 Å². The first kappa shape index (κ1) is 8.79. The topological polar surface area (TPSA) is 17.1 Å². The van der Waals surface area contributed by atoms with Gasteiger partial charge in [0.1, 0.15) is 0 Å². The Morgan fingerprint density at radius 2 is 2.18 bits per heavy atom. The van der Waals surface area contributed by atoms with Crippen molar-refractivity contribution < 1.29 is 4.79 Å². The van der Waals surface area contributed by atoms with E-state index in [9.17, 15) is 4.79 Å². The Hall–Kier alpha value is -0.300. The molecular formula is C9H13ClO. The average Bonchev–Trinajstić information content (AvgIpc) is 2.07. The maximum atomic E-state index is 11.4. The largest absolute Gasteiger partial charge is 0.293 e. The maximum Gasteiger partial charge on any atom is 0.176 e. The Morgan fingerprint density at radius 1 is 1.55 bits per heavy atom. The monoisotopic (exact) mass is 172 g/mol. The summed E-state index contributed by atoms with van der Waals surface area (Å²) in [4.78, 5) is 11.4. The molecule has 11 heavy (non-hydrogen) atoms. The maximum absolute atomic E-state index is 11.4. The Morgan fingerprint density at radius 3 is 2.82 bits per heavy atom. The van der Waals surface area contributed by atoms with Gasteiger partial charge in [-0.25, -0.2) is 0 Å². The third kappa shape index (κ3) is 1.84. The summed E-state index contributed by atoms with van der Waals surface area (Å²) in [7, 11) is 0. The van der Waals surface area contributed by atoms with Gasteiger partial charge in [-0.05, 0) is 26.2 Å². The standard InChI is InChI=1S/C9H13ClO/c1-6-4-3-5-7(2)9(11)8(6)10/h7H,3-5H2,1-2H3. The number of ketones is 1. The minimum atomic E-state index is 0.125. The van der Waals surface area contributed by atoms with Crippen LogP contribution in [0.4, 0.5) is 0 Å². The Kier molecular flexibility index (Phi) is 2.72. The van der Waals surface area contributed by atoms with E-state index in [-0.39, 0.29) is 11.7 Å². The van der Waals surface area contributed by atoms with Gasteiger partial charge in [0.2, 0.25) is 0 Å². The van der Waals surface area contributed by atoms with Crippen molar-refractivity contribution in [3.8, 4) is 0 Å². The van der Waals surface area contributed by atoms with Gasteiger partial charge in [-0.3, -0.25) is 4.79 Å². The molecule has 0 aromatic carbocycles. The Labute approximate surface area is 72.4 Å². The second-order valence-corrected chi connectivity index (χ2v) is 3.63. The zero-order chi connectivity index (χ0) is 8.43. The molecule has 1 unspecified atom stereocenters. The predicted molar refractivity (Wildman–Crippen MR) is 46.6 cm³/mol. The fourth-order valence-electron chi connectivity index (χ4n) is 1.34. The van der Waals surface area contributed by atoms with E-state index in [4.69, 9.17) is 11.6 Å². The van der Waals surface area contributed by atoms with E-state index < -0.39 is 0 Å². The molecule has 1 nitrogen and oxygen atoms in total. The second-order valence-electron chi connectivity index (χ2n) is 3.25. The van der Waals surface area contributed by atoms with Crippen LogP contribution < -0.4 is 0 Å². The summed E-state index contributed by atoms with van der Waals surface area (Å²) in [5, 5.41) is 0.481. The van der Waals surface area contributed by atoms with Gasteiger partial charge < -0.3 is 0 Å². The third-order valence-corrected chi connectivity index (χ3v) is 2.74. The van der Waals surface area contributed by atoms with Crippen molar-refractivity contribution in [3.63, 3.8) is 0 Å². The van der Waals surface area contributed by atoms with Crippen molar-refractivity contribution in [2.45, 2.75) is 33.1 Å². The van der Waals surface area contributed by atoms with Gasteiger partial charge in [-0.1, -0.05) is 24.1 Å². The molecule has 0 heterocycles. The number of carbonyl (C=O) groups is 1. The first-order valence-electron chi connectivity index (χ1n) is 4.02. The van der Waals surface area contributed by atoms with Crippen LogP contribution in [0.25, 0.3) is 0 Å². The molecule has 0 aliphatic heterocycles. The minimum Gasteiger partial charge on any atom is -0.293 e. The van der Waals surface area contributed by atoms with Gasteiger partial charge in [0.05, 0.1) is 5.03 Å². The summed E-state index contributed by atoms with van der Waals surface area (Å²) >= 11 is 5.85. The van der Waals surface area contributed by atoms with Crippen molar-refractivity contribution in [2.75, 3.05) is 0 Å². The number of rotatable bonds is 0. The fourth-order valence-corrected chi connectivity index (χ4v) is 1.62. The number of hydrogen-bond acceptors (Lipinski definition) is 1. The number of halogens is 1. The average molecular weight is 173 g/mol. The van der Waals surface area contributed by atoms with Gasteiger partial charge in [-0.2, -0.15) is 0 Å². The number of allylic oxidation sites excluding steroid dienone is 2. The third-order valence-electron chi connectivity index (χ3n) is 2.23. The summed E-state index contributed by atoms with van der Waals surface area (Å²) in [5.74, 6) is 0.251. The number of Topliss-reactive ketones (excluding diaryl/α,β-unsaturated/α-hetero) is 1. The van der Waals surface area contributed by atoms with Crippen LogP contribution in [0.3, 0.4) is 0 Å². The fraction of sp³-hybridized carbons (Fsp3) is 0.667. The lowest BCUT2D eigenvalue weighted by molar-refractivity contribution is -0.118. The van der Waals surface area contributed by atoms with Crippen LogP contribution in [0, 0.1) is 5.92 Å². The van der Waals surface area contributed by atoms with E-state index >= 15 is 0 Å². The van der Waals surface area contributed by atoms with Crippen LogP contribution in [0.1, 0.15) is 33.1 Å². The van der Waals surface area contributed by atoms with E-state index in [1.54, 1.807) is 0 Å². The SMILES string of the molecule is CC1=C(Cl)C(=O)C(C)CCC1. The predicted octanol–water partition coefficient (Wildman–Crippen LogP) is 2.89. The highest BCUT2D eigenvalue weighted by atomic mass is 35.5. The van der Waals surface area contributed by atoms with E-state index in [2.05, 4.69) is 0 Å². The Bertz CT molecular complexity index is 206. The molecule has 1 aliphatic carbocycles. The molecule has 2 heteroatoms. The molecule has 0 amide bonds. The summed E-state index contributed by atoms with van der Waals surface area (Å²) in [6.45, 7) is 3.89. The molecular weight excluding hydrogens is 160 g/mol. The Balaban J connectivity index is 2.87. The van der Waals surface area contributed by atoms with Crippen molar-refractivity contribution in [3.05, 3.63) is 10.6 Å². The molecule has 0 spiro atoms. The van der Waals surface area contributed by atoms with Crippen molar-refractivity contribution in [2.24, 2.45) is 5.92 Å². The summed E-state index contributed by atoms with van der Waals surface area (Å²) in [6, 6.07) is 0. The molecule has 1 aliphatic rings. The van der Waals surface area contributed by atoms with Crippen LogP contribution in [0.5, 0.6) is 0 Å². The molecule has 1 rings (SSSR count). The van der Waals surface area contributed by atoms with E-state index in [1.807, 2.05) is 13.8 Å². The quantitative estimate of drug-likeness (QED) is 0.549. The van der Waals surface area contributed by atoms with Crippen LogP contribution in [0.2, 0.25) is 0 Å². The first-order valence-corrected chi connectivity index (χ1v) is 4.40. The summed E-state index contributed by atoms with van der Waals surface area (Å²) in [5.41, 5.74) is 1.06. The lowest BCUT2D eigenvalue weighted by Gasteiger charge is -2.03. The lowest BCUT2D eigenvalue weighted by atomic mass is 10.0. The van der Waals surface area contributed by atoms with Crippen LogP contribution in [0.15, 0.2) is 10.6 Å². The van der Waals surface area contributed by atoms with Gasteiger partial charge in [0, 0.05) is 5.92 Å². The van der Waals surface area contributed by atoms with E-state index in [0.717, 1.165) is 24.8 Å². The molecule has 0 fully saturated rings. The highest BCUT2D eigenvalue weighted by Gasteiger charge is 2.20. The molecule has 0 aromatic rings. The van der Waals surface area contributed by atoms with Gasteiger partial charge in [0.25, 0.3) is 0 Å². The van der Waals surface area contributed by atoms with Crippen LogP contribution >= 0.6 is 11.6 Å². The van der Waals surface area contributed by atoms with Crippen molar-refractivity contribution in [1.29, 1.82) is 0 Å². The van der Waals surface area contributed by atoms with Gasteiger partial charge in [-0.15, -0.1) is 0 Å². The van der Waals surface area contributed by atoms with Gasteiger partial charge in [0.15, 0.2) is 5.78 Å². The molecule has 0 bridgehead atoms. The molecule has 0 radical (unpaired) electrons. The highest BCUT2D eigenvalue weighted by molar-refractivity contribution is 6.43. The second kappa shape index (κ2) is 3.40. The normalized spacial score (nSPS) is 27.2. The smallest absolute Gasteiger partial charge is 0.176 e. The van der Waals surface area contributed by atoms with Crippen LogP contribution in [-0.2, 0) is 4.79 Å². The molecule has 0 saturated carbocycles. The van der Waals surface area contributed by atoms with Crippen molar-refractivity contribution in [1.82, 2.24) is 0 Å².